The van der Waals surface area contributed by atoms with Crippen molar-refractivity contribution in [3.63, 3.8) is 0 Å². The van der Waals surface area contributed by atoms with Gasteiger partial charge in [0.2, 0.25) is 23.2 Å². The number of aryl methyl sites for hydroxylation is 1. The average Bonchev–Trinajstić information content (AvgIpc) is 3.65. The van der Waals surface area contributed by atoms with Gasteiger partial charge in [-0.1, -0.05) is 0 Å². The third-order valence-corrected chi connectivity index (χ3v) is 6.07. The Bertz CT molecular complexity index is 1430. The maximum absolute atomic E-state index is 13.5. The molecule has 5 heterocycles. The molecule has 0 N–H and O–H groups in total. The molecule has 1 saturated heterocycles. The lowest BCUT2D eigenvalue weighted by Crippen LogP contribution is -2.35. The van der Waals surface area contributed by atoms with Crippen LogP contribution in [0.5, 0.6) is 0 Å². The summed E-state index contributed by atoms with van der Waals surface area (Å²) in [6.07, 6.45) is 5.97. The fourth-order valence-corrected chi connectivity index (χ4v) is 4.29. The monoisotopic (exact) mass is 508 g/mol. The van der Waals surface area contributed by atoms with Gasteiger partial charge in [0, 0.05) is 43.7 Å². The molecular weight excluding hydrogens is 483 g/mol. The van der Waals surface area contributed by atoms with Gasteiger partial charge in [-0.3, -0.25) is 9.69 Å². The summed E-state index contributed by atoms with van der Waals surface area (Å²) in [5.74, 6) is -1.43. The van der Waals surface area contributed by atoms with Crippen molar-refractivity contribution < 1.29 is 27.9 Å². The first-order valence-corrected chi connectivity index (χ1v) is 12.0. The Balaban J connectivity index is 1.65. The summed E-state index contributed by atoms with van der Waals surface area (Å²) in [7, 11) is 1.69. The van der Waals surface area contributed by atoms with Gasteiger partial charge in [0.05, 0.1) is 24.3 Å². The summed E-state index contributed by atoms with van der Waals surface area (Å²) >= 11 is 0. The van der Waals surface area contributed by atoms with Crippen LogP contribution in [-0.2, 0) is 16.5 Å². The molecule has 0 spiro atoms. The van der Waals surface area contributed by atoms with Crippen LogP contribution < -0.4 is 4.90 Å². The smallest absolute Gasteiger partial charge is 0.414 e. The van der Waals surface area contributed by atoms with Crippen LogP contribution in [0.3, 0.4) is 0 Å². The molecule has 0 aromatic carbocycles. The molecule has 0 aliphatic carbocycles. The zero-order valence-electron chi connectivity index (χ0n) is 20.4. The van der Waals surface area contributed by atoms with Gasteiger partial charge < -0.3 is 13.9 Å². The Morgan fingerprint density at radius 2 is 2.11 bits per heavy atom. The lowest BCUT2D eigenvalue weighted by Gasteiger charge is -2.23. The van der Waals surface area contributed by atoms with Crippen molar-refractivity contribution in [2.45, 2.75) is 32.3 Å². The molecule has 1 fully saturated rings. The number of fused-ring (bicyclic) bond motifs is 1. The highest BCUT2D eigenvalue weighted by Gasteiger charge is 2.32. The van der Waals surface area contributed by atoms with E-state index < -0.39 is 17.8 Å². The second-order valence-electron chi connectivity index (χ2n) is 8.55. The van der Waals surface area contributed by atoms with Crippen LogP contribution in [0.15, 0.2) is 41.2 Å². The van der Waals surface area contributed by atoms with Gasteiger partial charge in [-0.2, -0.15) is 19.4 Å². The first-order valence-electron chi connectivity index (χ1n) is 12.0. The van der Waals surface area contributed by atoms with Crippen molar-refractivity contribution in [3.05, 3.63) is 54.1 Å². The summed E-state index contributed by atoms with van der Waals surface area (Å²) in [6, 6.07) is 4.13. The quantitative estimate of drug-likeness (QED) is 0.257. The Hall–Kier alpha value is -4.19. The number of amides is 1. The van der Waals surface area contributed by atoms with Crippen LogP contribution in [0.1, 0.15) is 42.3 Å². The maximum atomic E-state index is 13.5. The van der Waals surface area contributed by atoms with Crippen molar-refractivity contribution >= 4 is 28.7 Å². The number of anilines is 1. The lowest BCUT2D eigenvalue weighted by molar-refractivity contribution is 0.101. The Morgan fingerprint density at radius 3 is 2.78 bits per heavy atom. The lowest BCUT2D eigenvalue weighted by atomic mass is 10.1. The number of hydrogen-bond donors (Lipinski definition) is 0. The first-order chi connectivity index (χ1) is 17.9. The third kappa shape index (κ3) is 5.05. The predicted octanol–water partition coefficient (Wildman–Crippen LogP) is 3.92. The molecule has 0 bridgehead atoms. The molecule has 5 rings (SSSR count). The van der Waals surface area contributed by atoms with E-state index in [1.54, 1.807) is 32.4 Å². The predicted molar refractivity (Wildman–Crippen MR) is 130 cm³/mol. The van der Waals surface area contributed by atoms with Gasteiger partial charge in [-0.15, -0.1) is 0 Å². The minimum absolute atomic E-state index is 0.0104. The highest BCUT2D eigenvalue weighted by molar-refractivity contribution is 6.17. The van der Waals surface area contributed by atoms with Crippen molar-refractivity contribution in [2.24, 2.45) is 7.05 Å². The number of hydrogen-bond acceptors (Lipinski definition) is 9. The summed E-state index contributed by atoms with van der Waals surface area (Å²) in [5.41, 5.74) is 1.63. The number of nitrogens with zero attached hydrogens (tertiary/aromatic N) is 6. The van der Waals surface area contributed by atoms with E-state index in [9.17, 15) is 14.0 Å². The topological polar surface area (TPSA) is 125 Å². The van der Waals surface area contributed by atoms with Gasteiger partial charge in [0.15, 0.2) is 0 Å². The van der Waals surface area contributed by atoms with E-state index >= 15 is 0 Å². The fourth-order valence-electron chi connectivity index (χ4n) is 4.29. The largest absolute Gasteiger partial charge is 0.449 e. The van der Waals surface area contributed by atoms with E-state index in [0.717, 1.165) is 25.1 Å². The molecule has 4 aromatic heterocycles. The molecule has 192 valence electrons. The number of rotatable bonds is 8. The number of aromatic nitrogens is 5. The zero-order valence-corrected chi connectivity index (χ0v) is 20.4. The minimum atomic E-state index is -0.721. The van der Waals surface area contributed by atoms with Crippen LogP contribution in [0.2, 0.25) is 0 Å². The van der Waals surface area contributed by atoms with Crippen molar-refractivity contribution in [1.29, 1.82) is 0 Å². The minimum Gasteiger partial charge on any atom is -0.449 e. The average molecular weight is 509 g/mol. The molecule has 1 unspecified atom stereocenters. The number of carbonyl (C=O) groups is 2. The normalized spacial score (nSPS) is 15.3. The molecular formula is C25H25FN6O5. The van der Waals surface area contributed by atoms with E-state index in [4.69, 9.17) is 13.9 Å². The van der Waals surface area contributed by atoms with Crippen LogP contribution in [0.25, 0.3) is 22.4 Å². The van der Waals surface area contributed by atoms with Gasteiger partial charge in [-0.25, -0.2) is 14.8 Å². The molecule has 11 nitrogen and oxygen atoms in total. The van der Waals surface area contributed by atoms with Crippen LogP contribution in [0.4, 0.5) is 14.9 Å². The van der Waals surface area contributed by atoms with Gasteiger partial charge in [0.1, 0.15) is 11.4 Å². The number of carbonyl (C=O) groups excluding carboxylic acids is 2. The highest BCUT2D eigenvalue weighted by Crippen LogP contribution is 2.37. The van der Waals surface area contributed by atoms with E-state index in [1.165, 1.54) is 15.8 Å². The number of halogens is 1. The molecule has 37 heavy (non-hydrogen) atoms. The summed E-state index contributed by atoms with van der Waals surface area (Å²) < 4.78 is 30.4. The molecule has 1 aliphatic heterocycles. The number of ether oxygens (including phenoxy) is 2. The van der Waals surface area contributed by atoms with E-state index in [0.29, 0.717) is 29.7 Å². The van der Waals surface area contributed by atoms with Crippen molar-refractivity contribution in [2.75, 3.05) is 24.7 Å². The number of furan rings is 1. The Morgan fingerprint density at radius 1 is 1.24 bits per heavy atom. The van der Waals surface area contributed by atoms with Gasteiger partial charge in [-0.05, 0) is 44.4 Å². The number of pyridine rings is 2. The highest BCUT2D eigenvalue weighted by atomic mass is 19.1. The van der Waals surface area contributed by atoms with Crippen LogP contribution in [-0.4, -0.2) is 62.7 Å². The van der Waals surface area contributed by atoms with Crippen LogP contribution >= 0.6 is 0 Å². The summed E-state index contributed by atoms with van der Waals surface area (Å²) in [5, 5.41) is 8.84. The molecule has 0 saturated carbocycles. The summed E-state index contributed by atoms with van der Waals surface area (Å²) in [6.45, 7) is 2.73. The molecule has 1 atom stereocenters. The SMILES string of the molecule is CCOC(=O)N(CCC1CCCO1)c1c(C(=O)c2ccc(F)nc2)oc2ncc(-c3cnn(C)n3)cc12. The van der Waals surface area contributed by atoms with E-state index in [-0.39, 0.29) is 42.0 Å². The standard InChI is InChI=1S/C25H25FN6O5/c1-3-35-25(34)32(9-8-17-5-4-10-36-17)21-18-11-16(19-14-29-31(2)30-19)13-28-24(18)37-23(21)22(33)15-6-7-20(26)27-12-15/h6-7,11-14,17H,3-5,8-10H2,1-2H3. The van der Waals surface area contributed by atoms with Crippen molar-refractivity contribution in [3.8, 4) is 11.3 Å². The first kappa shape index (κ1) is 24.5. The molecule has 1 aliphatic rings. The Kier molecular flexibility index (Phi) is 6.91. The molecule has 1 amide bonds. The molecule has 4 aromatic rings. The molecule has 12 heteroatoms. The maximum Gasteiger partial charge on any atom is 0.414 e. The van der Waals surface area contributed by atoms with Gasteiger partial charge >= 0.3 is 6.09 Å². The van der Waals surface area contributed by atoms with Crippen LogP contribution in [0, 0.1) is 5.95 Å². The van der Waals surface area contributed by atoms with Gasteiger partial charge in [0.25, 0.3) is 0 Å². The Labute approximate surface area is 211 Å². The third-order valence-electron chi connectivity index (χ3n) is 6.07. The van der Waals surface area contributed by atoms with E-state index in [1.807, 2.05) is 0 Å². The molecule has 0 radical (unpaired) electrons. The van der Waals surface area contributed by atoms with Crippen molar-refractivity contribution in [1.82, 2.24) is 25.0 Å². The second kappa shape index (κ2) is 10.4. The number of ketones is 1. The second-order valence-corrected chi connectivity index (χ2v) is 8.55. The summed E-state index contributed by atoms with van der Waals surface area (Å²) in [4.78, 5) is 37.5. The fraction of sp³-hybridized carbons (Fsp3) is 0.360. The zero-order chi connectivity index (χ0) is 25.9. The van der Waals surface area contributed by atoms with E-state index in [2.05, 4.69) is 20.2 Å².